The van der Waals surface area contributed by atoms with E-state index in [0.29, 0.717) is 0 Å². The van der Waals surface area contributed by atoms with Gasteiger partial charge in [-0.25, -0.2) is 0 Å². The summed E-state index contributed by atoms with van der Waals surface area (Å²) >= 11 is 0. The molecule has 0 atom stereocenters. The minimum absolute atomic E-state index is 0.745. The lowest BCUT2D eigenvalue weighted by atomic mass is 10.1. The van der Waals surface area contributed by atoms with E-state index in [4.69, 9.17) is 0 Å². The van der Waals surface area contributed by atoms with E-state index in [1.54, 1.807) is 0 Å². The van der Waals surface area contributed by atoms with Crippen molar-refractivity contribution in [1.82, 2.24) is 0 Å². The summed E-state index contributed by atoms with van der Waals surface area (Å²) in [6, 6.07) is 0. The number of carbonyl (C=O) groups is 1. The largest absolute Gasteiger partial charge is 0.303 e. The molecule has 0 rings (SSSR count). The smallest absolute Gasteiger partial charge is 0.119 e. The maximum Gasteiger partial charge on any atom is 0.119 e. The summed E-state index contributed by atoms with van der Waals surface area (Å²) in [7, 11) is 0. The van der Waals surface area contributed by atoms with Crippen LogP contribution < -0.4 is 0 Å². The Morgan fingerprint density at radius 3 is 1.88 bits per heavy atom. The summed E-state index contributed by atoms with van der Waals surface area (Å²) < 4.78 is 0. The van der Waals surface area contributed by atoms with Crippen molar-refractivity contribution in [2.45, 2.75) is 77.6 Å². The van der Waals surface area contributed by atoms with Crippen molar-refractivity contribution in [3.8, 4) is 0 Å². The van der Waals surface area contributed by atoms with Crippen LogP contribution in [0.25, 0.3) is 0 Å². The fourth-order valence-electron chi connectivity index (χ4n) is 1.75. The topological polar surface area (TPSA) is 17.1 Å². The third-order valence-electron chi connectivity index (χ3n) is 2.84. The molecule has 0 unspecified atom stereocenters. The van der Waals surface area contributed by atoms with Gasteiger partial charge in [0.2, 0.25) is 0 Å². The summed E-state index contributed by atoms with van der Waals surface area (Å²) in [5.41, 5.74) is 3.23. The van der Waals surface area contributed by atoms with Crippen LogP contribution in [0.1, 0.15) is 77.6 Å². The van der Waals surface area contributed by atoms with Crippen molar-refractivity contribution < 1.29 is 4.79 Å². The van der Waals surface area contributed by atoms with Crippen molar-refractivity contribution in [2.24, 2.45) is 0 Å². The normalized spacial score (nSPS) is 9.71. The molecule has 0 amide bonds. The van der Waals surface area contributed by atoms with E-state index in [1.807, 2.05) is 0 Å². The van der Waals surface area contributed by atoms with Gasteiger partial charge in [0.15, 0.2) is 0 Å². The van der Waals surface area contributed by atoms with Gasteiger partial charge in [-0.2, -0.15) is 0 Å². The SMILES string of the molecule is CCCC=C=CCCCCCCCCCC=O. The second-order valence-corrected chi connectivity index (χ2v) is 4.58. The van der Waals surface area contributed by atoms with E-state index in [2.05, 4.69) is 24.8 Å². The van der Waals surface area contributed by atoms with Crippen molar-refractivity contribution in [3.05, 3.63) is 17.9 Å². The lowest BCUT2D eigenvalue weighted by Crippen LogP contribution is -1.81. The van der Waals surface area contributed by atoms with Crippen LogP contribution in [-0.2, 0) is 4.79 Å². The van der Waals surface area contributed by atoms with E-state index < -0.39 is 0 Å². The van der Waals surface area contributed by atoms with Crippen LogP contribution in [0.4, 0.5) is 0 Å². The van der Waals surface area contributed by atoms with E-state index >= 15 is 0 Å². The third kappa shape index (κ3) is 15.2. The second-order valence-electron chi connectivity index (χ2n) is 4.58. The molecule has 0 aromatic rings. The molecular weight excluding hydrogens is 208 g/mol. The Balaban J connectivity index is 3.08. The highest BCUT2D eigenvalue weighted by atomic mass is 16.1. The number of hydrogen-bond acceptors (Lipinski definition) is 1. The van der Waals surface area contributed by atoms with Gasteiger partial charge in [0.25, 0.3) is 0 Å². The molecule has 0 aromatic heterocycles. The number of allylic oxidation sites excluding steroid dienone is 1. The zero-order valence-corrected chi connectivity index (χ0v) is 11.4. The molecule has 0 N–H and O–H groups in total. The third-order valence-corrected chi connectivity index (χ3v) is 2.84. The quantitative estimate of drug-likeness (QED) is 0.258. The Bertz CT molecular complexity index is 212. The minimum atomic E-state index is 0.745. The monoisotopic (exact) mass is 236 g/mol. The molecule has 0 heterocycles. The molecule has 0 aromatic carbocycles. The zero-order valence-electron chi connectivity index (χ0n) is 11.4. The Labute approximate surface area is 107 Å². The van der Waals surface area contributed by atoms with Crippen LogP contribution in [0.15, 0.2) is 17.9 Å². The van der Waals surface area contributed by atoms with Crippen LogP contribution >= 0.6 is 0 Å². The summed E-state index contributed by atoms with van der Waals surface area (Å²) in [4.78, 5) is 10.1. The van der Waals surface area contributed by atoms with Crippen molar-refractivity contribution in [1.29, 1.82) is 0 Å². The van der Waals surface area contributed by atoms with Gasteiger partial charge in [0, 0.05) is 6.42 Å². The Morgan fingerprint density at radius 2 is 1.29 bits per heavy atom. The molecule has 1 heteroatoms. The Kier molecular flexibility index (Phi) is 14.5. The van der Waals surface area contributed by atoms with E-state index in [0.717, 1.165) is 25.5 Å². The first-order chi connectivity index (χ1) is 8.41. The van der Waals surface area contributed by atoms with Crippen molar-refractivity contribution >= 4 is 6.29 Å². The van der Waals surface area contributed by atoms with Gasteiger partial charge >= 0.3 is 0 Å². The van der Waals surface area contributed by atoms with E-state index in [1.165, 1.54) is 51.4 Å². The molecule has 0 radical (unpaired) electrons. The first-order valence-corrected chi connectivity index (χ1v) is 7.24. The highest BCUT2D eigenvalue weighted by Crippen LogP contribution is 2.09. The Hall–Kier alpha value is -0.810. The lowest BCUT2D eigenvalue weighted by Gasteiger charge is -1.99. The molecule has 0 saturated carbocycles. The van der Waals surface area contributed by atoms with E-state index in [9.17, 15) is 4.79 Å². The maximum absolute atomic E-state index is 10.1. The van der Waals surface area contributed by atoms with Gasteiger partial charge in [0.05, 0.1) is 0 Å². The standard InChI is InChI=1S/C16H28O/c1-2-3-4-5-6-7-8-9-10-11-12-13-14-15-16-17/h4,6,16H,2-3,7-15H2,1H3. The zero-order chi connectivity index (χ0) is 12.6. The summed E-state index contributed by atoms with van der Waals surface area (Å²) in [6.07, 6.45) is 18.5. The van der Waals surface area contributed by atoms with Gasteiger partial charge in [-0.15, -0.1) is 5.73 Å². The van der Waals surface area contributed by atoms with Crippen LogP contribution in [0.3, 0.4) is 0 Å². The lowest BCUT2D eigenvalue weighted by molar-refractivity contribution is -0.107. The van der Waals surface area contributed by atoms with E-state index in [-0.39, 0.29) is 0 Å². The van der Waals surface area contributed by atoms with Gasteiger partial charge in [0.1, 0.15) is 6.29 Å². The van der Waals surface area contributed by atoms with Crippen LogP contribution in [0, 0.1) is 0 Å². The number of aldehydes is 1. The minimum Gasteiger partial charge on any atom is -0.303 e. The molecular formula is C16H28O. The van der Waals surface area contributed by atoms with Crippen LogP contribution in [-0.4, -0.2) is 6.29 Å². The number of unbranched alkanes of at least 4 members (excludes halogenated alkanes) is 9. The predicted octanol–water partition coefficient (Wildman–Crippen LogP) is 5.21. The number of hydrogen-bond donors (Lipinski definition) is 0. The molecule has 0 spiro atoms. The molecule has 0 saturated heterocycles. The fourth-order valence-corrected chi connectivity index (χ4v) is 1.75. The highest BCUT2D eigenvalue weighted by Gasteiger charge is 1.90. The number of carbonyl (C=O) groups excluding carboxylic acids is 1. The average Bonchev–Trinajstić information content (AvgIpc) is 2.35. The molecule has 0 aliphatic rings. The fraction of sp³-hybridized carbons (Fsp3) is 0.750. The molecule has 1 nitrogen and oxygen atoms in total. The molecule has 17 heavy (non-hydrogen) atoms. The van der Waals surface area contributed by atoms with Crippen LogP contribution in [0.2, 0.25) is 0 Å². The predicted molar refractivity (Wildman–Crippen MR) is 75.2 cm³/mol. The first kappa shape index (κ1) is 16.2. The van der Waals surface area contributed by atoms with Crippen molar-refractivity contribution in [3.63, 3.8) is 0 Å². The summed E-state index contributed by atoms with van der Waals surface area (Å²) in [6.45, 7) is 2.19. The van der Waals surface area contributed by atoms with Crippen LogP contribution in [0.5, 0.6) is 0 Å². The van der Waals surface area contributed by atoms with Gasteiger partial charge in [-0.1, -0.05) is 45.4 Å². The molecule has 0 aliphatic carbocycles. The van der Waals surface area contributed by atoms with Gasteiger partial charge < -0.3 is 4.79 Å². The molecule has 0 bridgehead atoms. The highest BCUT2D eigenvalue weighted by molar-refractivity contribution is 5.48. The Morgan fingerprint density at radius 1 is 0.765 bits per heavy atom. The number of rotatable bonds is 12. The summed E-state index contributed by atoms with van der Waals surface area (Å²) in [5, 5.41) is 0. The van der Waals surface area contributed by atoms with Crippen molar-refractivity contribution in [2.75, 3.05) is 0 Å². The average molecular weight is 236 g/mol. The van der Waals surface area contributed by atoms with Gasteiger partial charge in [-0.3, -0.25) is 0 Å². The van der Waals surface area contributed by atoms with Gasteiger partial charge in [-0.05, 0) is 37.8 Å². The second kappa shape index (κ2) is 15.2. The summed E-state index contributed by atoms with van der Waals surface area (Å²) in [5.74, 6) is 0. The molecule has 0 aliphatic heterocycles. The first-order valence-electron chi connectivity index (χ1n) is 7.24. The maximum atomic E-state index is 10.1. The molecule has 0 fully saturated rings. The molecule has 98 valence electrons.